The van der Waals surface area contributed by atoms with E-state index in [-0.39, 0.29) is 0 Å². The highest BCUT2D eigenvalue weighted by Crippen LogP contribution is 2.57. The van der Waals surface area contributed by atoms with Gasteiger partial charge in [0.2, 0.25) is 0 Å². The maximum absolute atomic E-state index is 8.71. The van der Waals surface area contributed by atoms with Crippen molar-refractivity contribution in [1.82, 2.24) is 0 Å². The van der Waals surface area contributed by atoms with Gasteiger partial charge in [0, 0.05) is 6.61 Å². The molecule has 1 fully saturated rings. The highest BCUT2D eigenvalue weighted by atomic mass is 16.3. The van der Waals surface area contributed by atoms with Crippen LogP contribution in [0.4, 0.5) is 0 Å². The van der Waals surface area contributed by atoms with E-state index in [4.69, 9.17) is 5.11 Å². The monoisotopic (exact) mass is 114 g/mol. The minimum absolute atomic E-state index is 0.369. The molecule has 0 aromatic carbocycles. The highest BCUT2D eigenvalue weighted by Gasteiger charge is 2.53. The van der Waals surface area contributed by atoms with Gasteiger partial charge in [0.25, 0.3) is 0 Å². The highest BCUT2D eigenvalue weighted by molar-refractivity contribution is 5.01. The zero-order valence-electron chi connectivity index (χ0n) is 5.81. The Morgan fingerprint density at radius 2 is 1.88 bits per heavy atom. The molecule has 0 aromatic rings. The molecule has 0 heterocycles. The minimum atomic E-state index is 0.369. The van der Waals surface area contributed by atoms with E-state index in [0.29, 0.717) is 17.9 Å². The average Bonchev–Trinajstić information content (AvgIpc) is 2.09. The van der Waals surface area contributed by atoms with E-state index < -0.39 is 0 Å². The third kappa shape index (κ3) is 0.576. The molecule has 1 saturated carbocycles. The Kier molecular flexibility index (Phi) is 1.12. The number of aliphatic hydroxyl groups excluding tert-OH is 1. The van der Waals surface area contributed by atoms with Gasteiger partial charge in [0.1, 0.15) is 0 Å². The van der Waals surface area contributed by atoms with Crippen LogP contribution in [-0.2, 0) is 0 Å². The van der Waals surface area contributed by atoms with E-state index in [2.05, 4.69) is 20.8 Å². The Labute approximate surface area is 50.7 Å². The van der Waals surface area contributed by atoms with E-state index in [1.807, 2.05) is 0 Å². The van der Waals surface area contributed by atoms with Gasteiger partial charge < -0.3 is 5.11 Å². The quantitative estimate of drug-likeness (QED) is 0.544. The van der Waals surface area contributed by atoms with Gasteiger partial charge in [-0.1, -0.05) is 20.8 Å². The summed E-state index contributed by atoms with van der Waals surface area (Å²) in [6.45, 7) is 6.98. The Morgan fingerprint density at radius 3 is 1.88 bits per heavy atom. The third-order valence-electron chi connectivity index (χ3n) is 2.82. The van der Waals surface area contributed by atoms with E-state index >= 15 is 0 Å². The van der Waals surface area contributed by atoms with Crippen LogP contribution in [0.25, 0.3) is 0 Å². The SMILES string of the molecule is C[C@@H]1[C@@H](CO)C1(C)C. The topological polar surface area (TPSA) is 20.2 Å². The van der Waals surface area contributed by atoms with Crippen molar-refractivity contribution in [3.63, 3.8) is 0 Å². The lowest BCUT2D eigenvalue weighted by Crippen LogP contribution is -1.93. The fourth-order valence-electron chi connectivity index (χ4n) is 1.41. The fourth-order valence-corrected chi connectivity index (χ4v) is 1.41. The van der Waals surface area contributed by atoms with Crippen LogP contribution in [0.3, 0.4) is 0 Å². The van der Waals surface area contributed by atoms with Gasteiger partial charge >= 0.3 is 0 Å². The molecule has 1 N–H and O–H groups in total. The molecule has 0 bridgehead atoms. The van der Waals surface area contributed by atoms with Gasteiger partial charge in [0.15, 0.2) is 0 Å². The normalized spacial score (nSPS) is 42.0. The number of hydrogen-bond donors (Lipinski definition) is 1. The van der Waals surface area contributed by atoms with E-state index in [1.165, 1.54) is 0 Å². The van der Waals surface area contributed by atoms with E-state index in [0.717, 1.165) is 5.92 Å². The van der Waals surface area contributed by atoms with Crippen LogP contribution in [0.1, 0.15) is 20.8 Å². The average molecular weight is 114 g/mol. The van der Waals surface area contributed by atoms with Crippen LogP contribution in [0.5, 0.6) is 0 Å². The van der Waals surface area contributed by atoms with Gasteiger partial charge in [-0.15, -0.1) is 0 Å². The van der Waals surface area contributed by atoms with Gasteiger partial charge in [-0.3, -0.25) is 0 Å². The Balaban J connectivity index is 2.45. The second-order valence-electron chi connectivity index (χ2n) is 3.40. The van der Waals surface area contributed by atoms with Crippen molar-refractivity contribution < 1.29 is 5.11 Å². The molecule has 1 aliphatic rings. The molecule has 48 valence electrons. The summed E-state index contributed by atoms with van der Waals surface area (Å²) in [4.78, 5) is 0. The van der Waals surface area contributed by atoms with Gasteiger partial charge in [-0.2, -0.15) is 0 Å². The Hall–Kier alpha value is -0.0400. The molecule has 0 spiro atoms. The van der Waals surface area contributed by atoms with Crippen LogP contribution in [0.15, 0.2) is 0 Å². The molecule has 0 radical (unpaired) electrons. The second-order valence-corrected chi connectivity index (χ2v) is 3.40. The van der Waals surface area contributed by atoms with Gasteiger partial charge in [0.05, 0.1) is 0 Å². The summed E-state index contributed by atoms with van der Waals surface area (Å²) < 4.78 is 0. The maximum atomic E-state index is 8.71. The van der Waals surface area contributed by atoms with Crippen molar-refractivity contribution >= 4 is 0 Å². The van der Waals surface area contributed by atoms with Crippen molar-refractivity contribution in [2.75, 3.05) is 6.61 Å². The van der Waals surface area contributed by atoms with Crippen molar-refractivity contribution in [2.24, 2.45) is 17.3 Å². The molecule has 1 nitrogen and oxygen atoms in total. The van der Waals surface area contributed by atoms with Gasteiger partial charge in [-0.25, -0.2) is 0 Å². The molecule has 0 aliphatic heterocycles. The molecule has 1 aliphatic carbocycles. The third-order valence-corrected chi connectivity index (χ3v) is 2.82. The number of aliphatic hydroxyl groups is 1. The molecule has 1 heteroatoms. The van der Waals surface area contributed by atoms with Gasteiger partial charge in [-0.05, 0) is 17.3 Å². The summed E-state index contributed by atoms with van der Waals surface area (Å²) in [6.07, 6.45) is 0. The molecule has 0 amide bonds. The van der Waals surface area contributed by atoms with Crippen molar-refractivity contribution in [3.05, 3.63) is 0 Å². The lowest BCUT2D eigenvalue weighted by atomic mass is 10.1. The first-order valence-corrected chi connectivity index (χ1v) is 3.21. The number of rotatable bonds is 1. The van der Waals surface area contributed by atoms with E-state index in [1.54, 1.807) is 0 Å². The Morgan fingerprint density at radius 1 is 1.50 bits per heavy atom. The first-order chi connectivity index (χ1) is 3.60. The number of hydrogen-bond acceptors (Lipinski definition) is 1. The van der Waals surface area contributed by atoms with Crippen LogP contribution in [0, 0.1) is 17.3 Å². The smallest absolute Gasteiger partial charge is 0.0467 e. The largest absolute Gasteiger partial charge is 0.396 e. The summed E-state index contributed by atoms with van der Waals surface area (Å²) in [5, 5.41) is 8.71. The van der Waals surface area contributed by atoms with Crippen LogP contribution in [-0.4, -0.2) is 11.7 Å². The lowest BCUT2D eigenvalue weighted by molar-refractivity contribution is 0.255. The summed E-state index contributed by atoms with van der Waals surface area (Å²) >= 11 is 0. The standard InChI is InChI=1S/C7H14O/c1-5-6(4-8)7(5,2)3/h5-6,8H,4H2,1-3H3/t5-,6-/m1/s1. The lowest BCUT2D eigenvalue weighted by Gasteiger charge is -1.96. The fraction of sp³-hybridized carbons (Fsp3) is 1.00. The molecule has 1 rings (SSSR count). The predicted octanol–water partition coefficient (Wildman–Crippen LogP) is 1.27. The molecular formula is C7H14O. The van der Waals surface area contributed by atoms with Crippen molar-refractivity contribution in [3.8, 4) is 0 Å². The zero-order valence-corrected chi connectivity index (χ0v) is 5.81. The van der Waals surface area contributed by atoms with E-state index in [9.17, 15) is 0 Å². The van der Waals surface area contributed by atoms with Crippen LogP contribution < -0.4 is 0 Å². The van der Waals surface area contributed by atoms with Crippen molar-refractivity contribution in [1.29, 1.82) is 0 Å². The zero-order chi connectivity index (χ0) is 6.36. The summed E-state index contributed by atoms with van der Waals surface area (Å²) in [5.74, 6) is 1.30. The minimum Gasteiger partial charge on any atom is -0.396 e. The molecule has 2 atom stereocenters. The molecule has 0 aromatic heterocycles. The molecular weight excluding hydrogens is 100 g/mol. The summed E-state index contributed by atoms with van der Waals surface area (Å²) in [7, 11) is 0. The summed E-state index contributed by atoms with van der Waals surface area (Å²) in [6, 6.07) is 0. The Bertz CT molecular complexity index is 96.6. The first-order valence-electron chi connectivity index (χ1n) is 3.21. The predicted molar refractivity (Wildman–Crippen MR) is 33.5 cm³/mol. The molecule has 8 heavy (non-hydrogen) atoms. The maximum Gasteiger partial charge on any atom is 0.0467 e. The van der Waals surface area contributed by atoms with Crippen LogP contribution >= 0.6 is 0 Å². The summed E-state index contributed by atoms with van der Waals surface area (Å²) in [5.41, 5.74) is 0.425. The van der Waals surface area contributed by atoms with Crippen molar-refractivity contribution in [2.45, 2.75) is 20.8 Å². The van der Waals surface area contributed by atoms with Crippen LogP contribution in [0.2, 0.25) is 0 Å². The second kappa shape index (κ2) is 1.47. The first kappa shape index (κ1) is 6.09. The molecule has 0 unspecified atom stereocenters. The molecule has 0 saturated heterocycles.